The second kappa shape index (κ2) is 10.9. The summed E-state index contributed by atoms with van der Waals surface area (Å²) in [5, 5.41) is 2.32. The first-order valence-corrected chi connectivity index (χ1v) is 6.62. The third-order valence-electron chi connectivity index (χ3n) is 2.32. The van der Waals surface area contributed by atoms with E-state index in [4.69, 9.17) is 15.9 Å². The Morgan fingerprint density at radius 3 is 2.10 bits per heavy atom. The molecule has 6 heteroatoms. The summed E-state index contributed by atoms with van der Waals surface area (Å²) in [6, 6.07) is -1.41. The standard InChI is InChI=1S/C14H21NO5/c1-4-7-8-9-10-11(16)15-12(13(17)19-5-2)14(18)20-6-3/h1,12H,5-10H2,2-3H3,(H,15,16). The fraction of sp³-hybridized carbons (Fsp3) is 0.643. The molecule has 112 valence electrons. The quantitative estimate of drug-likeness (QED) is 0.293. The van der Waals surface area contributed by atoms with E-state index in [2.05, 4.69) is 11.2 Å². The fourth-order valence-electron chi connectivity index (χ4n) is 1.41. The van der Waals surface area contributed by atoms with Crippen molar-refractivity contribution in [3.05, 3.63) is 0 Å². The van der Waals surface area contributed by atoms with Crippen molar-refractivity contribution < 1.29 is 23.9 Å². The normalized spacial score (nSPS) is 9.70. The molecule has 0 aliphatic heterocycles. The Kier molecular flexibility index (Phi) is 9.75. The summed E-state index contributed by atoms with van der Waals surface area (Å²) in [5.41, 5.74) is 0. The molecule has 0 heterocycles. The minimum atomic E-state index is -1.41. The molecule has 0 aromatic heterocycles. The molecule has 1 amide bonds. The van der Waals surface area contributed by atoms with Crippen molar-refractivity contribution in [2.45, 2.75) is 45.6 Å². The van der Waals surface area contributed by atoms with Gasteiger partial charge in [-0.25, -0.2) is 9.59 Å². The molecule has 0 bridgehead atoms. The average molecular weight is 283 g/mol. The number of ether oxygens (including phenoxy) is 2. The molecule has 0 aromatic rings. The van der Waals surface area contributed by atoms with Crippen LogP contribution >= 0.6 is 0 Å². The van der Waals surface area contributed by atoms with Crippen LogP contribution in [-0.2, 0) is 23.9 Å². The number of hydrogen-bond donors (Lipinski definition) is 1. The predicted molar refractivity (Wildman–Crippen MR) is 72.5 cm³/mol. The number of unbranched alkanes of at least 4 members (excludes halogenated alkanes) is 2. The van der Waals surface area contributed by atoms with E-state index in [1.54, 1.807) is 13.8 Å². The number of carbonyl (C=O) groups is 3. The van der Waals surface area contributed by atoms with Crippen LogP contribution in [0.3, 0.4) is 0 Å². The largest absolute Gasteiger partial charge is 0.464 e. The van der Waals surface area contributed by atoms with Gasteiger partial charge in [-0.05, 0) is 26.7 Å². The number of terminal acetylenes is 1. The molecular weight excluding hydrogens is 262 g/mol. The van der Waals surface area contributed by atoms with Gasteiger partial charge in [0.25, 0.3) is 0 Å². The monoisotopic (exact) mass is 283 g/mol. The number of rotatable bonds is 9. The molecule has 1 N–H and O–H groups in total. The molecular formula is C14H21NO5. The number of carbonyl (C=O) groups excluding carboxylic acids is 3. The van der Waals surface area contributed by atoms with Gasteiger partial charge < -0.3 is 14.8 Å². The topological polar surface area (TPSA) is 81.7 Å². The highest BCUT2D eigenvalue weighted by atomic mass is 16.6. The number of amides is 1. The maximum absolute atomic E-state index is 11.7. The smallest absolute Gasteiger partial charge is 0.340 e. The van der Waals surface area contributed by atoms with Crippen molar-refractivity contribution in [2.24, 2.45) is 0 Å². The SMILES string of the molecule is C#CCCCCC(=O)NC(C(=O)OCC)C(=O)OCC. The van der Waals surface area contributed by atoms with Crippen molar-refractivity contribution >= 4 is 17.8 Å². The first-order valence-electron chi connectivity index (χ1n) is 6.62. The van der Waals surface area contributed by atoms with Gasteiger partial charge in [-0.15, -0.1) is 12.3 Å². The van der Waals surface area contributed by atoms with Gasteiger partial charge in [0.1, 0.15) is 0 Å². The van der Waals surface area contributed by atoms with Gasteiger partial charge in [0, 0.05) is 12.8 Å². The van der Waals surface area contributed by atoms with E-state index in [0.29, 0.717) is 19.3 Å². The number of esters is 2. The molecule has 0 spiro atoms. The Morgan fingerprint density at radius 1 is 1.10 bits per heavy atom. The average Bonchev–Trinajstić information content (AvgIpc) is 2.41. The molecule has 0 atom stereocenters. The minimum Gasteiger partial charge on any atom is -0.464 e. The Bertz CT molecular complexity index is 354. The lowest BCUT2D eigenvalue weighted by atomic mass is 10.2. The highest BCUT2D eigenvalue weighted by Crippen LogP contribution is 2.01. The van der Waals surface area contributed by atoms with Crippen LogP contribution in [0.15, 0.2) is 0 Å². The Labute approximate surface area is 119 Å². The summed E-state index contributed by atoms with van der Waals surface area (Å²) in [5.74, 6) is 0.430. The maximum atomic E-state index is 11.7. The van der Waals surface area contributed by atoms with Crippen LogP contribution < -0.4 is 5.32 Å². The number of hydrogen-bond acceptors (Lipinski definition) is 5. The number of nitrogens with one attached hydrogen (secondary N) is 1. The summed E-state index contributed by atoms with van der Waals surface area (Å²) < 4.78 is 9.47. The van der Waals surface area contributed by atoms with E-state index >= 15 is 0 Å². The van der Waals surface area contributed by atoms with Crippen LogP contribution in [0.4, 0.5) is 0 Å². The molecule has 0 aliphatic rings. The predicted octanol–water partition coefficient (Wildman–Crippen LogP) is 0.791. The van der Waals surface area contributed by atoms with Gasteiger partial charge in [-0.2, -0.15) is 0 Å². The summed E-state index contributed by atoms with van der Waals surface area (Å²) in [7, 11) is 0. The lowest BCUT2D eigenvalue weighted by Gasteiger charge is -2.15. The molecule has 0 saturated carbocycles. The van der Waals surface area contributed by atoms with E-state index in [9.17, 15) is 14.4 Å². The van der Waals surface area contributed by atoms with Crippen LogP contribution in [0, 0.1) is 12.3 Å². The van der Waals surface area contributed by atoms with Gasteiger partial charge in [0.15, 0.2) is 0 Å². The van der Waals surface area contributed by atoms with Crippen molar-refractivity contribution in [1.82, 2.24) is 5.32 Å². The molecule has 0 saturated heterocycles. The summed E-state index contributed by atoms with van der Waals surface area (Å²) in [4.78, 5) is 34.9. The lowest BCUT2D eigenvalue weighted by molar-refractivity contribution is -0.159. The zero-order valence-corrected chi connectivity index (χ0v) is 11.9. The van der Waals surface area contributed by atoms with E-state index in [1.165, 1.54) is 0 Å². The third-order valence-corrected chi connectivity index (χ3v) is 2.32. The van der Waals surface area contributed by atoms with E-state index < -0.39 is 23.9 Å². The van der Waals surface area contributed by atoms with Crippen LogP contribution in [0.2, 0.25) is 0 Å². The van der Waals surface area contributed by atoms with Crippen LogP contribution in [-0.4, -0.2) is 37.1 Å². The molecule has 0 fully saturated rings. The zero-order valence-electron chi connectivity index (χ0n) is 11.9. The molecule has 0 radical (unpaired) electrons. The first kappa shape index (κ1) is 18.0. The van der Waals surface area contributed by atoms with Gasteiger partial charge in [-0.1, -0.05) is 0 Å². The molecule has 0 aliphatic carbocycles. The highest BCUT2D eigenvalue weighted by molar-refractivity contribution is 6.02. The highest BCUT2D eigenvalue weighted by Gasteiger charge is 2.30. The van der Waals surface area contributed by atoms with E-state index in [-0.39, 0.29) is 19.6 Å². The van der Waals surface area contributed by atoms with Crippen LogP contribution in [0.1, 0.15) is 39.5 Å². The Morgan fingerprint density at radius 2 is 1.65 bits per heavy atom. The van der Waals surface area contributed by atoms with E-state index in [0.717, 1.165) is 0 Å². The molecule has 0 rings (SSSR count). The maximum Gasteiger partial charge on any atom is 0.340 e. The van der Waals surface area contributed by atoms with Crippen LogP contribution in [0.5, 0.6) is 0 Å². The Balaban J connectivity index is 4.41. The molecule has 20 heavy (non-hydrogen) atoms. The fourth-order valence-corrected chi connectivity index (χ4v) is 1.41. The van der Waals surface area contributed by atoms with Gasteiger partial charge in [0.2, 0.25) is 11.9 Å². The zero-order chi connectivity index (χ0) is 15.4. The van der Waals surface area contributed by atoms with Gasteiger partial charge in [0.05, 0.1) is 13.2 Å². The van der Waals surface area contributed by atoms with Gasteiger partial charge in [-0.3, -0.25) is 4.79 Å². The molecule has 0 aromatic carbocycles. The summed E-state index contributed by atoms with van der Waals surface area (Å²) >= 11 is 0. The second-order valence-electron chi connectivity index (χ2n) is 3.92. The minimum absolute atomic E-state index is 0.118. The molecule has 0 unspecified atom stereocenters. The van der Waals surface area contributed by atoms with Crippen molar-refractivity contribution in [1.29, 1.82) is 0 Å². The van der Waals surface area contributed by atoms with E-state index in [1.807, 2.05) is 0 Å². The van der Waals surface area contributed by atoms with Crippen molar-refractivity contribution in [2.75, 3.05) is 13.2 Å². The van der Waals surface area contributed by atoms with Crippen LogP contribution in [0.25, 0.3) is 0 Å². The Hall–Kier alpha value is -2.03. The summed E-state index contributed by atoms with van der Waals surface area (Å²) in [6.45, 7) is 3.46. The second-order valence-corrected chi connectivity index (χ2v) is 3.92. The first-order chi connectivity index (χ1) is 9.56. The summed E-state index contributed by atoms with van der Waals surface area (Å²) in [6.07, 6.45) is 7.19. The van der Waals surface area contributed by atoms with Crippen molar-refractivity contribution in [3.8, 4) is 12.3 Å². The third kappa shape index (κ3) is 7.41. The van der Waals surface area contributed by atoms with Gasteiger partial charge >= 0.3 is 11.9 Å². The molecule has 6 nitrogen and oxygen atoms in total. The lowest BCUT2D eigenvalue weighted by Crippen LogP contribution is -2.48. The van der Waals surface area contributed by atoms with Crippen molar-refractivity contribution in [3.63, 3.8) is 0 Å².